The number of hydrogen-bond acceptors (Lipinski definition) is 4. The number of benzene rings is 2. The van der Waals surface area contributed by atoms with Gasteiger partial charge in [0.1, 0.15) is 11.4 Å². The van der Waals surface area contributed by atoms with E-state index >= 15 is 0 Å². The number of fused-ring (bicyclic) bond motifs is 1. The Morgan fingerprint density at radius 2 is 1.81 bits per heavy atom. The summed E-state index contributed by atoms with van der Waals surface area (Å²) in [6.07, 6.45) is 0.0620. The standard InChI is InChI=1S/C20H18F3N5O2S/c1-27-11-17(24-12-27)19-16-9-15(26-31(2,29)30)7-8-18(16)28(25-19)10-13-3-5-14(6-4-13)20(21,22)23/h3-9,11-12,26H,10H2,1-2H3. The molecule has 0 spiro atoms. The number of alkyl halides is 3. The van der Waals surface area contributed by atoms with Gasteiger partial charge in [0, 0.05) is 24.3 Å². The number of nitrogens with one attached hydrogen (secondary N) is 1. The van der Waals surface area contributed by atoms with Gasteiger partial charge in [-0.05, 0) is 35.9 Å². The third kappa shape index (κ3) is 4.55. The molecule has 31 heavy (non-hydrogen) atoms. The summed E-state index contributed by atoms with van der Waals surface area (Å²) in [4.78, 5) is 4.32. The molecule has 4 aromatic rings. The second-order valence-electron chi connectivity index (χ2n) is 7.23. The van der Waals surface area contributed by atoms with Gasteiger partial charge in [0.25, 0.3) is 0 Å². The van der Waals surface area contributed by atoms with E-state index in [0.29, 0.717) is 33.5 Å². The molecule has 0 radical (unpaired) electrons. The van der Waals surface area contributed by atoms with E-state index in [1.807, 2.05) is 7.05 Å². The molecule has 1 N–H and O–H groups in total. The molecule has 162 valence electrons. The van der Waals surface area contributed by atoms with Crippen LogP contribution in [-0.2, 0) is 29.8 Å². The number of imidazole rings is 1. The van der Waals surface area contributed by atoms with Crippen molar-refractivity contribution in [3.63, 3.8) is 0 Å². The number of halogens is 3. The molecule has 0 aliphatic carbocycles. The average Bonchev–Trinajstić information content (AvgIpc) is 3.24. The van der Waals surface area contributed by atoms with Crippen LogP contribution in [0.1, 0.15) is 11.1 Å². The highest BCUT2D eigenvalue weighted by Gasteiger charge is 2.30. The predicted molar refractivity (Wildman–Crippen MR) is 111 cm³/mol. The van der Waals surface area contributed by atoms with E-state index < -0.39 is 21.8 Å². The molecule has 0 bridgehead atoms. The lowest BCUT2D eigenvalue weighted by Gasteiger charge is -2.08. The maximum atomic E-state index is 12.8. The molecule has 0 fully saturated rings. The Hall–Kier alpha value is -3.34. The Kier molecular flexibility index (Phi) is 5.00. The third-order valence-electron chi connectivity index (χ3n) is 4.61. The number of hydrogen-bond donors (Lipinski definition) is 1. The van der Waals surface area contributed by atoms with E-state index in [2.05, 4.69) is 14.8 Å². The van der Waals surface area contributed by atoms with Gasteiger partial charge < -0.3 is 4.57 Å². The number of sulfonamides is 1. The van der Waals surface area contributed by atoms with Crippen molar-refractivity contribution in [2.24, 2.45) is 7.05 Å². The zero-order valence-corrected chi connectivity index (χ0v) is 17.4. The van der Waals surface area contributed by atoms with Crippen LogP contribution < -0.4 is 4.72 Å². The van der Waals surface area contributed by atoms with Gasteiger partial charge in [0.15, 0.2) is 0 Å². The van der Waals surface area contributed by atoms with Crippen LogP contribution in [0.2, 0.25) is 0 Å². The van der Waals surface area contributed by atoms with Crippen LogP contribution in [0, 0.1) is 0 Å². The van der Waals surface area contributed by atoms with Crippen molar-refractivity contribution < 1.29 is 21.6 Å². The monoisotopic (exact) mass is 449 g/mol. The number of anilines is 1. The summed E-state index contributed by atoms with van der Waals surface area (Å²) >= 11 is 0. The van der Waals surface area contributed by atoms with Crippen LogP contribution in [0.4, 0.5) is 18.9 Å². The maximum Gasteiger partial charge on any atom is 0.416 e. The molecule has 2 aromatic heterocycles. The second-order valence-corrected chi connectivity index (χ2v) is 8.98. The van der Waals surface area contributed by atoms with Crippen molar-refractivity contribution in [3.8, 4) is 11.4 Å². The highest BCUT2D eigenvalue weighted by molar-refractivity contribution is 7.92. The third-order valence-corrected chi connectivity index (χ3v) is 5.22. The summed E-state index contributed by atoms with van der Waals surface area (Å²) in [7, 11) is -1.65. The first-order chi connectivity index (χ1) is 14.5. The van der Waals surface area contributed by atoms with Gasteiger partial charge in [-0.3, -0.25) is 9.40 Å². The Morgan fingerprint density at radius 3 is 2.39 bits per heavy atom. The van der Waals surface area contributed by atoms with Crippen LogP contribution in [0.25, 0.3) is 22.3 Å². The van der Waals surface area contributed by atoms with Gasteiger partial charge in [-0.1, -0.05) is 12.1 Å². The zero-order valence-electron chi connectivity index (χ0n) is 16.6. The van der Waals surface area contributed by atoms with Crippen molar-refractivity contribution in [2.45, 2.75) is 12.7 Å². The minimum atomic E-state index is -4.40. The Balaban J connectivity index is 1.78. The maximum absolute atomic E-state index is 12.8. The van der Waals surface area contributed by atoms with Crippen molar-refractivity contribution in [1.29, 1.82) is 0 Å². The van der Waals surface area contributed by atoms with Crippen LogP contribution in [0.5, 0.6) is 0 Å². The molecular formula is C20H18F3N5O2S. The zero-order chi connectivity index (χ0) is 22.4. The fourth-order valence-electron chi connectivity index (χ4n) is 3.27. The predicted octanol–water partition coefficient (Wildman–Crippen LogP) is 3.88. The fourth-order valence-corrected chi connectivity index (χ4v) is 3.83. The van der Waals surface area contributed by atoms with Crippen LogP contribution in [0.3, 0.4) is 0 Å². The topological polar surface area (TPSA) is 81.8 Å². The molecule has 11 heteroatoms. The lowest BCUT2D eigenvalue weighted by Crippen LogP contribution is -2.09. The number of rotatable bonds is 5. The molecule has 0 aliphatic heterocycles. The van der Waals surface area contributed by atoms with Crippen LogP contribution in [-0.4, -0.2) is 34.0 Å². The van der Waals surface area contributed by atoms with Gasteiger partial charge in [0.05, 0.1) is 30.2 Å². The Bertz CT molecular complexity index is 1360. The Morgan fingerprint density at radius 1 is 1.10 bits per heavy atom. The molecule has 0 atom stereocenters. The lowest BCUT2D eigenvalue weighted by molar-refractivity contribution is -0.137. The van der Waals surface area contributed by atoms with Crippen LogP contribution >= 0.6 is 0 Å². The van der Waals surface area contributed by atoms with E-state index in [1.54, 1.807) is 40.0 Å². The van der Waals surface area contributed by atoms with E-state index in [1.165, 1.54) is 12.1 Å². The van der Waals surface area contributed by atoms with Crippen molar-refractivity contribution in [2.75, 3.05) is 11.0 Å². The molecular weight excluding hydrogens is 431 g/mol. The van der Waals surface area contributed by atoms with Gasteiger partial charge in [-0.15, -0.1) is 0 Å². The highest BCUT2D eigenvalue weighted by Crippen LogP contribution is 2.31. The van der Waals surface area contributed by atoms with E-state index in [9.17, 15) is 21.6 Å². The van der Waals surface area contributed by atoms with Crippen molar-refractivity contribution in [1.82, 2.24) is 19.3 Å². The smallest absolute Gasteiger partial charge is 0.340 e. The molecule has 7 nitrogen and oxygen atoms in total. The van der Waals surface area contributed by atoms with Gasteiger partial charge in [-0.2, -0.15) is 18.3 Å². The quantitative estimate of drug-likeness (QED) is 0.502. The number of aryl methyl sites for hydroxylation is 1. The molecule has 2 heterocycles. The summed E-state index contributed by atoms with van der Waals surface area (Å²) in [5, 5.41) is 5.28. The van der Waals surface area contributed by atoms with Gasteiger partial charge in [-0.25, -0.2) is 13.4 Å². The first-order valence-electron chi connectivity index (χ1n) is 9.12. The average molecular weight is 449 g/mol. The summed E-state index contributed by atoms with van der Waals surface area (Å²) in [5.74, 6) is 0. The molecule has 4 rings (SSSR count). The van der Waals surface area contributed by atoms with E-state index in [0.717, 1.165) is 18.4 Å². The molecule has 0 saturated carbocycles. The molecule has 0 unspecified atom stereocenters. The van der Waals surface area contributed by atoms with E-state index in [4.69, 9.17) is 0 Å². The normalized spacial score (nSPS) is 12.4. The van der Waals surface area contributed by atoms with Crippen molar-refractivity contribution >= 4 is 26.6 Å². The first kappa shape index (κ1) is 20.9. The highest BCUT2D eigenvalue weighted by atomic mass is 32.2. The molecule has 0 amide bonds. The minimum absolute atomic E-state index is 0.236. The van der Waals surface area contributed by atoms with Crippen molar-refractivity contribution in [3.05, 3.63) is 66.1 Å². The largest absolute Gasteiger partial charge is 0.416 e. The molecule has 0 aliphatic rings. The fraction of sp³-hybridized carbons (Fsp3) is 0.200. The summed E-state index contributed by atoms with van der Waals surface area (Å²) < 4.78 is 67.6. The lowest BCUT2D eigenvalue weighted by atomic mass is 10.1. The summed E-state index contributed by atoms with van der Waals surface area (Å²) in [6, 6.07) is 9.88. The molecule has 0 saturated heterocycles. The Labute approximate surface area is 176 Å². The van der Waals surface area contributed by atoms with Gasteiger partial charge in [0.2, 0.25) is 10.0 Å². The first-order valence-corrected chi connectivity index (χ1v) is 11.0. The van der Waals surface area contributed by atoms with Crippen LogP contribution in [0.15, 0.2) is 55.0 Å². The number of aromatic nitrogens is 4. The molecule has 2 aromatic carbocycles. The summed E-state index contributed by atoms with van der Waals surface area (Å²) in [6.45, 7) is 0.236. The summed E-state index contributed by atoms with van der Waals surface area (Å²) in [5.41, 5.74) is 2.13. The minimum Gasteiger partial charge on any atom is -0.340 e. The van der Waals surface area contributed by atoms with E-state index in [-0.39, 0.29) is 6.54 Å². The number of nitrogens with zero attached hydrogens (tertiary/aromatic N) is 4. The SMILES string of the molecule is Cn1cnc(-c2nn(Cc3ccc(C(F)(F)F)cc3)c3ccc(NS(C)(=O)=O)cc23)c1. The second kappa shape index (κ2) is 7.41. The van der Waals surface area contributed by atoms with Gasteiger partial charge >= 0.3 is 6.18 Å².